The molecular formula is C23H20F3N5O. The molecular weight excluding hydrogens is 419 g/mol. The van der Waals surface area contributed by atoms with Gasteiger partial charge in [-0.2, -0.15) is 13.2 Å². The molecule has 164 valence electrons. The third-order valence-electron chi connectivity index (χ3n) is 4.90. The molecule has 1 N–H and O–H groups in total. The van der Waals surface area contributed by atoms with Crippen LogP contribution in [-0.4, -0.2) is 25.8 Å². The van der Waals surface area contributed by atoms with E-state index in [4.69, 9.17) is 6.42 Å². The number of carbonyl (C=O) groups excluding carboxylic acids is 1. The summed E-state index contributed by atoms with van der Waals surface area (Å²) in [6, 6.07) is 2.47. The Labute approximate surface area is 183 Å². The number of benzene rings is 1. The Morgan fingerprint density at radius 1 is 1.03 bits per heavy atom. The molecule has 2 heterocycles. The van der Waals surface area contributed by atoms with Gasteiger partial charge in [-0.1, -0.05) is 5.92 Å². The monoisotopic (exact) mass is 439 g/mol. The van der Waals surface area contributed by atoms with E-state index in [9.17, 15) is 18.0 Å². The average molecular weight is 439 g/mol. The topological polar surface area (TPSA) is 80.7 Å². The highest BCUT2D eigenvalue weighted by atomic mass is 19.4. The first-order valence-corrected chi connectivity index (χ1v) is 9.61. The maximum Gasteiger partial charge on any atom is 0.416 e. The molecule has 6 nitrogen and oxygen atoms in total. The zero-order valence-electron chi connectivity index (χ0n) is 17.6. The normalized spacial score (nSPS) is 12.7. The van der Waals surface area contributed by atoms with Crippen molar-refractivity contribution in [2.24, 2.45) is 0 Å². The minimum atomic E-state index is -4.63. The number of alkyl halides is 3. The molecule has 3 aromatic rings. The number of carbonyl (C=O) groups is 1. The number of aromatic nitrogens is 4. The van der Waals surface area contributed by atoms with E-state index in [-0.39, 0.29) is 11.1 Å². The lowest BCUT2D eigenvalue weighted by Crippen LogP contribution is -2.29. The highest BCUT2D eigenvalue weighted by Crippen LogP contribution is 2.34. The summed E-state index contributed by atoms with van der Waals surface area (Å²) in [5, 5.41) is 2.69. The Bertz CT molecular complexity index is 1170. The number of hydrogen-bond acceptors (Lipinski definition) is 5. The second-order valence-electron chi connectivity index (χ2n) is 7.64. The van der Waals surface area contributed by atoms with Crippen molar-refractivity contribution >= 4 is 5.91 Å². The summed E-state index contributed by atoms with van der Waals surface area (Å²) in [6.07, 6.45) is 8.30. The predicted octanol–water partition coefficient (Wildman–Crippen LogP) is 4.35. The molecule has 0 radical (unpaired) electrons. The van der Waals surface area contributed by atoms with Crippen LogP contribution < -0.4 is 5.32 Å². The molecule has 1 amide bonds. The zero-order valence-corrected chi connectivity index (χ0v) is 17.6. The van der Waals surface area contributed by atoms with E-state index in [1.807, 2.05) is 0 Å². The van der Waals surface area contributed by atoms with Crippen molar-refractivity contribution in [3.8, 4) is 23.7 Å². The van der Waals surface area contributed by atoms with E-state index in [1.54, 1.807) is 20.8 Å². The lowest BCUT2D eigenvalue weighted by atomic mass is 9.83. The lowest BCUT2D eigenvalue weighted by Gasteiger charge is -2.22. The van der Waals surface area contributed by atoms with Crippen molar-refractivity contribution in [1.82, 2.24) is 25.3 Å². The summed E-state index contributed by atoms with van der Waals surface area (Å²) in [5.41, 5.74) is -0.623. The number of hydrogen-bond donors (Lipinski definition) is 1. The van der Waals surface area contributed by atoms with Gasteiger partial charge in [0.05, 0.1) is 28.9 Å². The smallest absolute Gasteiger partial charge is 0.344 e. The van der Waals surface area contributed by atoms with Gasteiger partial charge >= 0.3 is 6.18 Å². The number of terminal acetylenes is 1. The first kappa shape index (κ1) is 22.9. The van der Waals surface area contributed by atoms with E-state index in [2.05, 4.69) is 31.2 Å². The molecule has 0 bridgehead atoms. The van der Waals surface area contributed by atoms with Gasteiger partial charge in [0.25, 0.3) is 5.91 Å². The van der Waals surface area contributed by atoms with Gasteiger partial charge in [-0.05, 0) is 44.5 Å². The molecule has 3 rings (SSSR count). The maximum atomic E-state index is 13.5. The number of nitrogens with one attached hydrogen (secondary N) is 1. The molecule has 0 aliphatic heterocycles. The quantitative estimate of drug-likeness (QED) is 0.598. The summed E-state index contributed by atoms with van der Waals surface area (Å²) in [4.78, 5) is 29.7. The van der Waals surface area contributed by atoms with Crippen LogP contribution in [0, 0.1) is 12.3 Å². The molecule has 0 aliphatic rings. The summed E-state index contributed by atoms with van der Waals surface area (Å²) in [7, 11) is 0. The van der Waals surface area contributed by atoms with Gasteiger partial charge in [-0.3, -0.25) is 24.7 Å². The van der Waals surface area contributed by atoms with Crippen molar-refractivity contribution in [2.75, 3.05) is 0 Å². The van der Waals surface area contributed by atoms with Crippen LogP contribution in [0.2, 0.25) is 0 Å². The largest absolute Gasteiger partial charge is 0.416 e. The molecule has 0 aliphatic carbocycles. The van der Waals surface area contributed by atoms with Crippen LogP contribution in [0.15, 0.2) is 49.2 Å². The number of amides is 1. The van der Waals surface area contributed by atoms with Gasteiger partial charge < -0.3 is 5.32 Å². The Morgan fingerprint density at radius 2 is 1.69 bits per heavy atom. The predicted molar refractivity (Wildman–Crippen MR) is 112 cm³/mol. The third-order valence-corrected chi connectivity index (χ3v) is 4.90. The van der Waals surface area contributed by atoms with Gasteiger partial charge in [0.1, 0.15) is 11.4 Å². The lowest BCUT2D eigenvalue weighted by molar-refractivity contribution is -0.137. The standard InChI is InChI=1S/C23H20F3N5O/c1-5-22(3,4)16-10-15(11-17(12-16)23(24,25)26)21(32)31-14(2)19-20(30-9-8-29-19)18-13-27-6-7-28-18/h1,6-14H,2-4H3,(H,31,32). The molecule has 1 unspecified atom stereocenters. The summed E-state index contributed by atoms with van der Waals surface area (Å²) in [5.74, 6) is 1.76. The number of nitrogens with zero attached hydrogens (tertiary/aromatic N) is 4. The summed E-state index contributed by atoms with van der Waals surface area (Å²) >= 11 is 0. The third kappa shape index (κ3) is 4.91. The number of halogens is 3. The Morgan fingerprint density at radius 3 is 2.31 bits per heavy atom. The Kier molecular flexibility index (Phi) is 6.25. The van der Waals surface area contributed by atoms with Gasteiger partial charge in [-0.25, -0.2) is 0 Å². The fourth-order valence-electron chi connectivity index (χ4n) is 3.00. The molecule has 9 heteroatoms. The highest BCUT2D eigenvalue weighted by molar-refractivity contribution is 5.95. The fourth-order valence-corrected chi connectivity index (χ4v) is 3.00. The van der Waals surface area contributed by atoms with Crippen molar-refractivity contribution in [3.63, 3.8) is 0 Å². The molecule has 1 atom stereocenters. The van der Waals surface area contributed by atoms with Crippen molar-refractivity contribution in [3.05, 3.63) is 71.6 Å². The minimum absolute atomic E-state index is 0.157. The molecule has 0 saturated carbocycles. The van der Waals surface area contributed by atoms with Gasteiger partial charge in [0.15, 0.2) is 0 Å². The second kappa shape index (κ2) is 8.75. The van der Waals surface area contributed by atoms with Crippen molar-refractivity contribution < 1.29 is 18.0 Å². The Hall–Kier alpha value is -3.80. The molecule has 1 aromatic carbocycles. The average Bonchev–Trinajstić information content (AvgIpc) is 2.78. The van der Waals surface area contributed by atoms with Crippen LogP contribution in [0.25, 0.3) is 11.4 Å². The fraction of sp³-hybridized carbons (Fsp3) is 0.261. The van der Waals surface area contributed by atoms with E-state index < -0.39 is 29.1 Å². The molecule has 0 saturated heterocycles. The van der Waals surface area contributed by atoms with Gasteiger partial charge in [-0.15, -0.1) is 6.42 Å². The van der Waals surface area contributed by atoms with Crippen LogP contribution >= 0.6 is 0 Å². The zero-order chi connectivity index (χ0) is 23.5. The van der Waals surface area contributed by atoms with Gasteiger partial charge in [0.2, 0.25) is 0 Å². The summed E-state index contributed by atoms with van der Waals surface area (Å²) < 4.78 is 40.4. The van der Waals surface area contributed by atoms with Crippen molar-refractivity contribution in [1.29, 1.82) is 0 Å². The first-order chi connectivity index (χ1) is 15.0. The maximum absolute atomic E-state index is 13.5. The van der Waals surface area contributed by atoms with Crippen LogP contribution in [-0.2, 0) is 11.6 Å². The van der Waals surface area contributed by atoms with Crippen LogP contribution in [0.4, 0.5) is 13.2 Å². The minimum Gasteiger partial charge on any atom is -0.344 e. The van der Waals surface area contributed by atoms with Crippen molar-refractivity contribution in [2.45, 2.75) is 38.4 Å². The van der Waals surface area contributed by atoms with Crippen LogP contribution in [0.1, 0.15) is 54.0 Å². The van der Waals surface area contributed by atoms with E-state index in [0.29, 0.717) is 17.1 Å². The Balaban J connectivity index is 1.96. The highest BCUT2D eigenvalue weighted by Gasteiger charge is 2.33. The molecule has 0 fully saturated rings. The molecule has 32 heavy (non-hydrogen) atoms. The summed E-state index contributed by atoms with van der Waals surface area (Å²) in [6.45, 7) is 4.88. The SMILES string of the molecule is C#CC(C)(C)c1cc(C(=O)NC(C)c2nccnc2-c2cnccn2)cc(C(F)(F)F)c1. The van der Waals surface area contributed by atoms with E-state index in [1.165, 1.54) is 37.1 Å². The number of rotatable bonds is 5. The second-order valence-corrected chi connectivity index (χ2v) is 7.64. The first-order valence-electron chi connectivity index (χ1n) is 9.61. The van der Waals surface area contributed by atoms with Crippen LogP contribution in [0.5, 0.6) is 0 Å². The molecule has 0 spiro atoms. The van der Waals surface area contributed by atoms with E-state index in [0.717, 1.165) is 12.1 Å². The van der Waals surface area contributed by atoms with Gasteiger partial charge in [0, 0.05) is 30.4 Å². The van der Waals surface area contributed by atoms with E-state index >= 15 is 0 Å². The molecule has 2 aromatic heterocycles. The van der Waals surface area contributed by atoms with Crippen LogP contribution in [0.3, 0.4) is 0 Å².